The van der Waals surface area contributed by atoms with Crippen molar-refractivity contribution in [3.05, 3.63) is 18.2 Å². The van der Waals surface area contributed by atoms with Crippen molar-refractivity contribution in [2.24, 2.45) is 0 Å². The van der Waals surface area contributed by atoms with E-state index in [2.05, 4.69) is 17.6 Å². The lowest BCUT2D eigenvalue weighted by atomic mass is 9.93. The Kier molecular flexibility index (Phi) is 2.03. The molecule has 6 heteroatoms. The van der Waals surface area contributed by atoms with Gasteiger partial charge in [0.05, 0.1) is 0 Å². The molecule has 1 heterocycles. The van der Waals surface area contributed by atoms with Gasteiger partial charge in [-0.15, -0.1) is 12.6 Å². The highest BCUT2D eigenvalue weighted by atomic mass is 32.1. The van der Waals surface area contributed by atoms with Crippen LogP contribution in [0.15, 0.2) is 27.5 Å². The van der Waals surface area contributed by atoms with Gasteiger partial charge in [0, 0.05) is 4.90 Å². The van der Waals surface area contributed by atoms with E-state index in [9.17, 15) is 0 Å². The number of oxazole rings is 1. The molecule has 0 aliphatic rings. The molecular weight excluding hydrogens is 189 g/mol. The first-order valence-electron chi connectivity index (χ1n) is 3.62. The minimum atomic E-state index is -1.67. The Morgan fingerprint density at radius 1 is 1.38 bits per heavy atom. The summed E-state index contributed by atoms with van der Waals surface area (Å²) >= 11 is 4.11. The molecule has 2 rings (SSSR count). The molecule has 66 valence electrons. The van der Waals surface area contributed by atoms with Gasteiger partial charge < -0.3 is 14.5 Å². The maximum Gasteiger partial charge on any atom is 0.548 e. The number of aromatic nitrogens is 1. The van der Waals surface area contributed by atoms with E-state index in [0.717, 1.165) is 4.90 Å². The zero-order valence-corrected chi connectivity index (χ0v) is 7.40. The number of thiol groups is 1. The van der Waals surface area contributed by atoms with Crippen molar-refractivity contribution >= 4 is 36.6 Å². The lowest BCUT2D eigenvalue weighted by Crippen LogP contribution is -2.30. The van der Waals surface area contributed by atoms with E-state index in [4.69, 9.17) is 14.5 Å². The molecule has 1 aromatic carbocycles. The van der Waals surface area contributed by atoms with E-state index >= 15 is 0 Å². The van der Waals surface area contributed by atoms with Crippen molar-refractivity contribution in [3.8, 4) is 0 Å². The number of fused-ring (bicyclic) bond motifs is 1. The zero-order chi connectivity index (χ0) is 9.42. The maximum atomic E-state index is 8.77. The third-order valence-corrected chi connectivity index (χ3v) is 1.89. The maximum absolute atomic E-state index is 8.77. The number of nitrogens with zero attached hydrogens (tertiary/aromatic N) is 1. The summed E-state index contributed by atoms with van der Waals surface area (Å²) in [5, 5.41) is 17.5. The van der Waals surface area contributed by atoms with E-state index < -0.39 is 7.12 Å². The lowest BCUT2D eigenvalue weighted by molar-refractivity contribution is 0.409. The molecule has 2 N–H and O–H groups in total. The normalized spacial score (nSPS) is 10.7. The second-order valence-electron chi connectivity index (χ2n) is 2.58. The molecular formula is C7H6BNO3S. The molecule has 0 radical (unpaired) electrons. The molecule has 2 aromatic rings. The van der Waals surface area contributed by atoms with Crippen molar-refractivity contribution in [2.75, 3.05) is 0 Å². The first kappa shape index (κ1) is 8.62. The van der Waals surface area contributed by atoms with Gasteiger partial charge in [0.1, 0.15) is 5.52 Å². The summed E-state index contributed by atoms with van der Waals surface area (Å²) in [6.07, 6.45) is 0. The fraction of sp³-hybridized carbons (Fsp3) is 0. The molecule has 0 saturated heterocycles. The molecule has 0 amide bonds. The van der Waals surface area contributed by atoms with Crippen LogP contribution in [0.2, 0.25) is 0 Å². The molecule has 4 nitrogen and oxygen atoms in total. The minimum absolute atomic E-state index is 0.103. The Labute approximate surface area is 79.8 Å². The van der Waals surface area contributed by atoms with Gasteiger partial charge in [-0.1, -0.05) is 0 Å². The SMILES string of the molecule is OB(O)c1nc2ccc(S)cc2o1. The predicted octanol–water partition coefficient (Wildman–Crippen LogP) is -0.204. The van der Waals surface area contributed by atoms with E-state index in [1.165, 1.54) is 0 Å². The van der Waals surface area contributed by atoms with Gasteiger partial charge in [0.2, 0.25) is 5.79 Å². The first-order valence-corrected chi connectivity index (χ1v) is 4.07. The average molecular weight is 195 g/mol. The highest BCUT2D eigenvalue weighted by Crippen LogP contribution is 2.15. The van der Waals surface area contributed by atoms with Gasteiger partial charge in [-0.3, -0.25) is 0 Å². The third kappa shape index (κ3) is 1.56. The van der Waals surface area contributed by atoms with Crippen molar-refractivity contribution < 1.29 is 14.5 Å². The van der Waals surface area contributed by atoms with Crippen LogP contribution in [0.4, 0.5) is 0 Å². The van der Waals surface area contributed by atoms with Gasteiger partial charge >= 0.3 is 7.12 Å². The molecule has 0 unspecified atom stereocenters. The number of hydrogen-bond acceptors (Lipinski definition) is 5. The van der Waals surface area contributed by atoms with E-state index in [0.29, 0.717) is 11.1 Å². The molecule has 0 fully saturated rings. The van der Waals surface area contributed by atoms with Crippen LogP contribution in [-0.2, 0) is 0 Å². The smallest absolute Gasteiger partial charge is 0.444 e. The second kappa shape index (κ2) is 3.06. The van der Waals surface area contributed by atoms with E-state index in [-0.39, 0.29) is 5.79 Å². The summed E-state index contributed by atoms with van der Waals surface area (Å²) in [7, 11) is -1.67. The van der Waals surface area contributed by atoms with Crippen LogP contribution in [0, 0.1) is 0 Å². The Morgan fingerprint density at radius 2 is 2.15 bits per heavy atom. The molecule has 0 aliphatic carbocycles. The lowest BCUT2D eigenvalue weighted by Gasteiger charge is -1.87. The molecule has 0 atom stereocenters. The van der Waals surface area contributed by atoms with Crippen LogP contribution in [0.25, 0.3) is 11.1 Å². The summed E-state index contributed by atoms with van der Waals surface area (Å²) in [6.45, 7) is 0. The molecule has 13 heavy (non-hydrogen) atoms. The summed E-state index contributed by atoms with van der Waals surface area (Å²) in [5.41, 5.74) is 1.08. The Morgan fingerprint density at radius 3 is 2.85 bits per heavy atom. The van der Waals surface area contributed by atoms with Crippen LogP contribution in [0.5, 0.6) is 0 Å². The number of hydrogen-bond donors (Lipinski definition) is 3. The summed E-state index contributed by atoms with van der Waals surface area (Å²) in [5.74, 6) is -0.103. The van der Waals surface area contributed by atoms with Crippen molar-refractivity contribution in [1.82, 2.24) is 4.98 Å². The molecule has 0 saturated carbocycles. The molecule has 0 spiro atoms. The average Bonchev–Trinajstić information content (AvgIpc) is 2.46. The van der Waals surface area contributed by atoms with Gasteiger partial charge in [0.25, 0.3) is 0 Å². The predicted molar refractivity (Wildman–Crippen MR) is 51.1 cm³/mol. The van der Waals surface area contributed by atoms with Crippen molar-refractivity contribution in [2.45, 2.75) is 4.90 Å². The van der Waals surface area contributed by atoms with Gasteiger partial charge in [-0.25, -0.2) is 4.98 Å². The van der Waals surface area contributed by atoms with Crippen molar-refractivity contribution in [1.29, 1.82) is 0 Å². The summed E-state index contributed by atoms with van der Waals surface area (Å²) in [6, 6.07) is 5.12. The molecule has 0 bridgehead atoms. The van der Waals surface area contributed by atoms with Crippen LogP contribution < -0.4 is 5.79 Å². The number of benzene rings is 1. The summed E-state index contributed by atoms with van der Waals surface area (Å²) in [4.78, 5) is 4.59. The molecule has 1 aromatic heterocycles. The van der Waals surface area contributed by atoms with Crippen LogP contribution >= 0.6 is 12.6 Å². The van der Waals surface area contributed by atoms with Gasteiger partial charge in [-0.2, -0.15) is 0 Å². The van der Waals surface area contributed by atoms with Crippen molar-refractivity contribution in [3.63, 3.8) is 0 Å². The Bertz CT molecular complexity index is 442. The van der Waals surface area contributed by atoms with Gasteiger partial charge in [-0.05, 0) is 18.2 Å². The van der Waals surface area contributed by atoms with E-state index in [1.807, 2.05) is 0 Å². The van der Waals surface area contributed by atoms with Crippen LogP contribution in [0.1, 0.15) is 0 Å². The second-order valence-corrected chi connectivity index (χ2v) is 3.09. The van der Waals surface area contributed by atoms with Crippen LogP contribution in [-0.4, -0.2) is 22.2 Å². The Hall–Kier alpha value is -0.975. The quantitative estimate of drug-likeness (QED) is 0.435. The summed E-state index contributed by atoms with van der Waals surface area (Å²) < 4.78 is 5.05. The third-order valence-electron chi connectivity index (χ3n) is 1.61. The fourth-order valence-corrected chi connectivity index (χ4v) is 1.23. The van der Waals surface area contributed by atoms with Gasteiger partial charge in [0.15, 0.2) is 5.58 Å². The Balaban J connectivity index is 2.62. The topological polar surface area (TPSA) is 66.5 Å². The first-order chi connectivity index (χ1) is 6.16. The number of rotatable bonds is 1. The largest absolute Gasteiger partial charge is 0.548 e. The molecule has 0 aliphatic heterocycles. The fourth-order valence-electron chi connectivity index (χ4n) is 1.04. The highest BCUT2D eigenvalue weighted by molar-refractivity contribution is 7.80. The van der Waals surface area contributed by atoms with Crippen LogP contribution in [0.3, 0.4) is 0 Å². The zero-order valence-electron chi connectivity index (χ0n) is 6.51. The standard InChI is InChI=1S/C7H6BNO3S/c10-8(11)7-9-5-2-1-4(13)3-6(5)12-7/h1-3,10-11,13H. The van der Waals surface area contributed by atoms with E-state index in [1.54, 1.807) is 18.2 Å². The minimum Gasteiger partial charge on any atom is -0.444 e. The highest BCUT2D eigenvalue weighted by Gasteiger charge is 2.18. The monoisotopic (exact) mass is 195 g/mol.